The third-order valence-electron chi connectivity index (χ3n) is 4.26. The van der Waals surface area contributed by atoms with Gasteiger partial charge in [-0.05, 0) is 38.1 Å². The molecule has 0 amide bonds. The van der Waals surface area contributed by atoms with Crippen molar-refractivity contribution in [2.45, 2.75) is 32.2 Å². The van der Waals surface area contributed by atoms with E-state index in [0.717, 1.165) is 18.8 Å². The molecule has 0 saturated carbocycles. The van der Waals surface area contributed by atoms with Crippen LogP contribution in [-0.4, -0.2) is 75.6 Å². The van der Waals surface area contributed by atoms with Crippen LogP contribution in [-0.2, 0) is 4.74 Å². The first-order valence-electron chi connectivity index (χ1n) is 8.39. The minimum absolute atomic E-state index is 0.238. The monoisotopic (exact) mass is 321 g/mol. The second kappa shape index (κ2) is 7.99. The summed E-state index contributed by atoms with van der Waals surface area (Å²) in [6.45, 7) is 7.28. The van der Waals surface area contributed by atoms with E-state index in [4.69, 9.17) is 4.74 Å². The van der Waals surface area contributed by atoms with Gasteiger partial charge in [0.1, 0.15) is 0 Å². The fourth-order valence-corrected chi connectivity index (χ4v) is 3.22. The van der Waals surface area contributed by atoms with E-state index in [0.29, 0.717) is 13.1 Å². The summed E-state index contributed by atoms with van der Waals surface area (Å²) in [5.74, 6) is 0. The molecule has 23 heavy (non-hydrogen) atoms. The minimum Gasteiger partial charge on any atom is -0.390 e. The second-order valence-electron chi connectivity index (χ2n) is 6.92. The number of likely N-dealkylation sites (N-methyl/N-ethyl adjacent to an activating group) is 1. The first-order valence-corrected chi connectivity index (χ1v) is 8.39. The maximum absolute atomic E-state index is 10.4. The zero-order valence-electron chi connectivity index (χ0n) is 15.1. The molecule has 0 radical (unpaired) electrons. The molecule has 3 unspecified atom stereocenters. The van der Waals surface area contributed by atoms with Crippen LogP contribution in [0, 0.1) is 0 Å². The van der Waals surface area contributed by atoms with Gasteiger partial charge in [0, 0.05) is 58.7 Å². The number of anilines is 2. The fourth-order valence-electron chi connectivity index (χ4n) is 3.22. The van der Waals surface area contributed by atoms with Gasteiger partial charge >= 0.3 is 0 Å². The average Bonchev–Trinajstić information content (AvgIpc) is 2.45. The Morgan fingerprint density at radius 1 is 1.09 bits per heavy atom. The molecule has 130 valence electrons. The molecular weight excluding hydrogens is 290 g/mol. The molecule has 1 saturated heterocycles. The van der Waals surface area contributed by atoms with Gasteiger partial charge < -0.3 is 19.6 Å². The lowest BCUT2D eigenvalue weighted by Crippen LogP contribution is -2.49. The number of rotatable bonds is 6. The summed E-state index contributed by atoms with van der Waals surface area (Å²) in [7, 11) is 6.10. The zero-order valence-corrected chi connectivity index (χ0v) is 15.1. The largest absolute Gasteiger partial charge is 0.390 e. The molecule has 3 atom stereocenters. The normalized spacial score (nSPS) is 23.6. The standard InChI is InChI=1S/C18H31N3O2/c1-14-10-21(11-15(2)23-14)13-18(22)12-20(5)17-8-6-16(7-9-17)19(3)4/h6-9,14-15,18,22H,10-13H2,1-5H3. The SMILES string of the molecule is CC1CN(CC(O)CN(C)c2ccc(N(C)C)cc2)CC(C)O1. The topological polar surface area (TPSA) is 39.2 Å². The molecule has 1 aromatic carbocycles. The first-order chi connectivity index (χ1) is 10.8. The fraction of sp³-hybridized carbons (Fsp3) is 0.667. The van der Waals surface area contributed by atoms with Gasteiger partial charge in [0.15, 0.2) is 0 Å². The van der Waals surface area contributed by atoms with E-state index in [1.54, 1.807) is 0 Å². The first kappa shape index (κ1) is 18.0. The lowest BCUT2D eigenvalue weighted by atomic mass is 10.2. The van der Waals surface area contributed by atoms with E-state index in [9.17, 15) is 5.11 Å². The van der Waals surface area contributed by atoms with Gasteiger partial charge in [0.2, 0.25) is 0 Å². The Hall–Kier alpha value is -1.30. The summed E-state index contributed by atoms with van der Waals surface area (Å²) in [5.41, 5.74) is 2.30. The van der Waals surface area contributed by atoms with Gasteiger partial charge in [-0.2, -0.15) is 0 Å². The van der Waals surface area contributed by atoms with Crippen LogP contribution in [0.15, 0.2) is 24.3 Å². The predicted molar refractivity (Wildman–Crippen MR) is 96.5 cm³/mol. The highest BCUT2D eigenvalue weighted by Crippen LogP contribution is 2.19. The highest BCUT2D eigenvalue weighted by Gasteiger charge is 2.24. The van der Waals surface area contributed by atoms with Crippen LogP contribution in [0.2, 0.25) is 0 Å². The minimum atomic E-state index is -0.369. The highest BCUT2D eigenvalue weighted by atomic mass is 16.5. The van der Waals surface area contributed by atoms with Crippen molar-refractivity contribution in [3.05, 3.63) is 24.3 Å². The Labute approximate surface area is 140 Å². The van der Waals surface area contributed by atoms with Crippen LogP contribution >= 0.6 is 0 Å². The molecule has 0 aromatic heterocycles. The summed E-state index contributed by atoms with van der Waals surface area (Å²) < 4.78 is 5.74. The van der Waals surface area contributed by atoms with Gasteiger partial charge in [-0.15, -0.1) is 0 Å². The summed E-state index contributed by atoms with van der Waals surface area (Å²) in [5, 5.41) is 10.4. The van der Waals surface area contributed by atoms with E-state index >= 15 is 0 Å². The number of nitrogens with zero attached hydrogens (tertiary/aromatic N) is 3. The predicted octanol–water partition coefficient (Wildman–Crippen LogP) is 1.66. The van der Waals surface area contributed by atoms with Crippen LogP contribution < -0.4 is 9.80 Å². The molecule has 2 rings (SSSR count). The van der Waals surface area contributed by atoms with Crippen molar-refractivity contribution in [1.82, 2.24) is 4.90 Å². The van der Waals surface area contributed by atoms with Crippen molar-refractivity contribution in [3.8, 4) is 0 Å². The van der Waals surface area contributed by atoms with Gasteiger partial charge in [0.05, 0.1) is 18.3 Å². The molecule has 1 N–H and O–H groups in total. The third-order valence-corrected chi connectivity index (χ3v) is 4.26. The van der Waals surface area contributed by atoms with E-state index in [1.807, 2.05) is 21.1 Å². The molecule has 1 fully saturated rings. The molecule has 0 bridgehead atoms. The Morgan fingerprint density at radius 2 is 1.61 bits per heavy atom. The molecule has 0 spiro atoms. The Bertz CT molecular complexity index is 468. The molecule has 1 aliphatic heterocycles. The number of benzene rings is 1. The van der Waals surface area contributed by atoms with Gasteiger partial charge in [-0.25, -0.2) is 0 Å². The summed E-state index contributed by atoms with van der Waals surface area (Å²) in [4.78, 5) is 6.49. The number of aliphatic hydroxyl groups is 1. The van der Waals surface area contributed by atoms with Crippen LogP contribution in [0.25, 0.3) is 0 Å². The van der Waals surface area contributed by atoms with Crippen LogP contribution in [0.5, 0.6) is 0 Å². The lowest BCUT2D eigenvalue weighted by Gasteiger charge is -2.36. The smallest absolute Gasteiger partial charge is 0.0841 e. The van der Waals surface area contributed by atoms with E-state index < -0.39 is 0 Å². The lowest BCUT2D eigenvalue weighted by molar-refractivity contribution is -0.0758. The molecule has 1 aliphatic rings. The maximum atomic E-state index is 10.4. The van der Waals surface area contributed by atoms with Crippen molar-refractivity contribution >= 4 is 11.4 Å². The second-order valence-corrected chi connectivity index (χ2v) is 6.92. The Balaban J connectivity index is 1.85. The Kier molecular flexibility index (Phi) is 6.27. The summed E-state index contributed by atoms with van der Waals surface area (Å²) in [6.07, 6.45) is 0.107. The molecule has 5 nitrogen and oxygen atoms in total. The quantitative estimate of drug-likeness (QED) is 0.863. The average molecular weight is 321 g/mol. The van der Waals surface area contributed by atoms with E-state index in [-0.39, 0.29) is 18.3 Å². The number of aliphatic hydroxyl groups excluding tert-OH is 1. The summed E-state index contributed by atoms with van der Waals surface area (Å²) in [6, 6.07) is 8.40. The molecular formula is C18H31N3O2. The van der Waals surface area contributed by atoms with Gasteiger partial charge in [-0.1, -0.05) is 0 Å². The maximum Gasteiger partial charge on any atom is 0.0841 e. The molecule has 5 heteroatoms. The van der Waals surface area contributed by atoms with Crippen LogP contribution in [0.4, 0.5) is 11.4 Å². The van der Waals surface area contributed by atoms with Crippen molar-refractivity contribution in [3.63, 3.8) is 0 Å². The Morgan fingerprint density at radius 3 is 2.13 bits per heavy atom. The molecule has 0 aliphatic carbocycles. The number of β-amino-alcohol motifs (C(OH)–C–C–N with tert-alkyl or cyclic N) is 1. The molecule has 1 aromatic rings. The molecule has 1 heterocycles. The van der Waals surface area contributed by atoms with E-state index in [2.05, 4.69) is 52.8 Å². The van der Waals surface area contributed by atoms with E-state index in [1.165, 1.54) is 5.69 Å². The summed E-state index contributed by atoms with van der Waals surface area (Å²) >= 11 is 0. The highest BCUT2D eigenvalue weighted by molar-refractivity contribution is 5.55. The number of ether oxygens (including phenoxy) is 1. The van der Waals surface area contributed by atoms with Crippen molar-refractivity contribution in [2.24, 2.45) is 0 Å². The van der Waals surface area contributed by atoms with Gasteiger partial charge in [0.25, 0.3) is 0 Å². The van der Waals surface area contributed by atoms with Crippen molar-refractivity contribution in [2.75, 3.05) is 57.1 Å². The van der Waals surface area contributed by atoms with Crippen molar-refractivity contribution < 1.29 is 9.84 Å². The van der Waals surface area contributed by atoms with Crippen molar-refractivity contribution in [1.29, 1.82) is 0 Å². The third kappa shape index (κ3) is 5.37. The zero-order chi connectivity index (χ0) is 17.0. The van der Waals surface area contributed by atoms with Crippen LogP contribution in [0.3, 0.4) is 0 Å². The number of hydrogen-bond acceptors (Lipinski definition) is 5. The number of hydrogen-bond donors (Lipinski definition) is 1. The number of morpholine rings is 1. The van der Waals surface area contributed by atoms with Crippen LogP contribution in [0.1, 0.15) is 13.8 Å². The van der Waals surface area contributed by atoms with Gasteiger partial charge in [-0.3, -0.25) is 4.90 Å².